The van der Waals surface area contributed by atoms with Crippen molar-refractivity contribution in [3.63, 3.8) is 0 Å². The number of carboxylic acid groups (broad SMARTS) is 1. The Kier molecular flexibility index (Phi) is 8.70. The third-order valence-electron chi connectivity index (χ3n) is 5.58. The summed E-state index contributed by atoms with van der Waals surface area (Å²) >= 11 is 0. The van der Waals surface area contributed by atoms with E-state index in [1.807, 2.05) is 6.08 Å². The van der Waals surface area contributed by atoms with Crippen molar-refractivity contribution in [3.05, 3.63) is 24.3 Å². The number of ether oxygens (including phenoxy) is 1. The van der Waals surface area contributed by atoms with Crippen LogP contribution < -0.4 is 0 Å². The molecule has 2 fully saturated rings. The van der Waals surface area contributed by atoms with Gasteiger partial charge in [-0.15, -0.1) is 0 Å². The topological polar surface area (TPSA) is 66.8 Å². The van der Waals surface area contributed by atoms with Crippen molar-refractivity contribution in [3.8, 4) is 0 Å². The van der Waals surface area contributed by atoms with Gasteiger partial charge in [-0.25, -0.2) is 0 Å². The third-order valence-corrected chi connectivity index (χ3v) is 5.58. The molecule has 4 heteroatoms. The molecule has 1 saturated carbocycles. The fourth-order valence-electron chi connectivity index (χ4n) is 4.15. The van der Waals surface area contributed by atoms with Gasteiger partial charge in [-0.1, -0.05) is 50.5 Å². The van der Waals surface area contributed by atoms with Gasteiger partial charge >= 0.3 is 5.97 Å². The Hall–Kier alpha value is -1.13. The molecule has 0 amide bonds. The molecule has 0 radical (unpaired) electrons. The summed E-state index contributed by atoms with van der Waals surface area (Å²) in [6.45, 7) is 3.04. The summed E-state index contributed by atoms with van der Waals surface area (Å²) in [6.07, 6.45) is 16.7. The van der Waals surface area contributed by atoms with Crippen LogP contribution in [-0.4, -0.2) is 35.0 Å². The van der Waals surface area contributed by atoms with E-state index in [-0.39, 0.29) is 12.5 Å². The van der Waals surface area contributed by atoms with Gasteiger partial charge in [0.1, 0.15) is 0 Å². The number of aliphatic hydroxyl groups excluding tert-OH is 1. The molecule has 0 aromatic heterocycles. The zero-order valence-electron chi connectivity index (χ0n) is 15.5. The first-order valence-electron chi connectivity index (χ1n) is 9.96. The predicted molar refractivity (Wildman–Crippen MR) is 99.4 cm³/mol. The van der Waals surface area contributed by atoms with Crippen molar-refractivity contribution in [1.29, 1.82) is 0 Å². The summed E-state index contributed by atoms with van der Waals surface area (Å²) in [6, 6.07) is 0. The van der Waals surface area contributed by atoms with Crippen LogP contribution in [0.15, 0.2) is 24.3 Å². The van der Waals surface area contributed by atoms with E-state index in [0.717, 1.165) is 38.7 Å². The Morgan fingerprint density at radius 2 is 2.12 bits per heavy atom. The smallest absolute Gasteiger partial charge is 0.303 e. The maximum Gasteiger partial charge on any atom is 0.303 e. The molecule has 5 atom stereocenters. The fourth-order valence-corrected chi connectivity index (χ4v) is 4.15. The Morgan fingerprint density at radius 1 is 1.28 bits per heavy atom. The highest BCUT2D eigenvalue weighted by Gasteiger charge is 2.46. The van der Waals surface area contributed by atoms with Crippen molar-refractivity contribution in [1.82, 2.24) is 0 Å². The van der Waals surface area contributed by atoms with Gasteiger partial charge in [0.2, 0.25) is 0 Å². The molecule has 2 bridgehead atoms. The highest BCUT2D eigenvalue weighted by atomic mass is 16.5. The molecule has 1 aliphatic heterocycles. The monoisotopic (exact) mass is 350 g/mol. The second kappa shape index (κ2) is 10.8. The van der Waals surface area contributed by atoms with E-state index < -0.39 is 5.97 Å². The zero-order valence-corrected chi connectivity index (χ0v) is 15.5. The molecule has 25 heavy (non-hydrogen) atoms. The lowest BCUT2D eigenvalue weighted by Crippen LogP contribution is -2.27. The van der Waals surface area contributed by atoms with Gasteiger partial charge in [0.05, 0.1) is 18.8 Å². The SMILES string of the molecule is CCCCC[C@@H](O)/C=C/[C@H]1[C@H](C/C=C\CCCC(=O)O)[C@@H]2CO[C@H]1C2. The maximum atomic E-state index is 10.5. The average molecular weight is 350 g/mol. The van der Waals surface area contributed by atoms with Gasteiger partial charge in [-0.3, -0.25) is 4.79 Å². The molecule has 142 valence electrons. The van der Waals surface area contributed by atoms with Crippen LogP contribution >= 0.6 is 0 Å². The van der Waals surface area contributed by atoms with Crippen LogP contribution in [0.2, 0.25) is 0 Å². The molecule has 2 N–H and O–H groups in total. The fraction of sp³-hybridized carbons (Fsp3) is 0.762. The average Bonchev–Trinajstić information content (AvgIpc) is 3.17. The Bertz CT molecular complexity index is 457. The highest BCUT2D eigenvalue weighted by molar-refractivity contribution is 5.66. The lowest BCUT2D eigenvalue weighted by molar-refractivity contribution is -0.137. The standard InChI is InChI=1S/C21H34O4/c1-2-3-6-9-17(22)12-13-19-18(16-14-20(19)25-15-16)10-7-4-5-8-11-21(23)24/h4,7,12-13,16-20,22H,2-3,5-6,8-11,14-15H2,1H3,(H,23,24)/b7-4-,13-12+/t16-,17+,18+,19-,20-/m0/s1. The van der Waals surface area contributed by atoms with Gasteiger partial charge < -0.3 is 14.9 Å². The van der Waals surface area contributed by atoms with Crippen molar-refractivity contribution in [2.24, 2.45) is 17.8 Å². The highest BCUT2D eigenvalue weighted by Crippen LogP contribution is 2.47. The van der Waals surface area contributed by atoms with Crippen molar-refractivity contribution in [2.75, 3.05) is 6.61 Å². The largest absolute Gasteiger partial charge is 0.481 e. The first-order chi connectivity index (χ1) is 12.1. The van der Waals surface area contributed by atoms with Gasteiger partial charge in [-0.05, 0) is 43.9 Å². The first kappa shape index (κ1) is 20.2. The van der Waals surface area contributed by atoms with E-state index in [1.165, 1.54) is 12.8 Å². The van der Waals surface area contributed by atoms with Crippen LogP contribution in [0, 0.1) is 17.8 Å². The van der Waals surface area contributed by atoms with Gasteiger partial charge in [0, 0.05) is 12.3 Å². The molecule has 0 aromatic rings. The molecule has 4 nitrogen and oxygen atoms in total. The normalized spacial score (nSPS) is 29.8. The number of carboxylic acids is 1. The second-order valence-electron chi connectivity index (χ2n) is 7.55. The molecular weight excluding hydrogens is 316 g/mol. The van der Waals surface area contributed by atoms with Crippen LogP contribution in [0.25, 0.3) is 0 Å². The van der Waals surface area contributed by atoms with E-state index in [0.29, 0.717) is 30.3 Å². The number of aliphatic carboxylic acids is 1. The summed E-state index contributed by atoms with van der Waals surface area (Å²) in [5.74, 6) is 0.902. The zero-order chi connectivity index (χ0) is 18.1. The summed E-state index contributed by atoms with van der Waals surface area (Å²) in [7, 11) is 0. The minimum atomic E-state index is -0.721. The Balaban J connectivity index is 1.78. The van der Waals surface area contributed by atoms with E-state index in [9.17, 15) is 9.90 Å². The van der Waals surface area contributed by atoms with E-state index >= 15 is 0 Å². The van der Waals surface area contributed by atoms with Crippen LogP contribution in [0.3, 0.4) is 0 Å². The summed E-state index contributed by atoms with van der Waals surface area (Å²) in [5.41, 5.74) is 0. The lowest BCUT2D eigenvalue weighted by Gasteiger charge is -2.28. The molecule has 0 spiro atoms. The molecule has 0 unspecified atom stereocenters. The van der Waals surface area contributed by atoms with Crippen LogP contribution in [0.4, 0.5) is 0 Å². The minimum Gasteiger partial charge on any atom is -0.481 e. The lowest BCUT2D eigenvalue weighted by atomic mass is 9.84. The van der Waals surface area contributed by atoms with Crippen molar-refractivity contribution >= 4 is 5.97 Å². The summed E-state index contributed by atoms with van der Waals surface area (Å²) < 4.78 is 5.87. The van der Waals surface area contributed by atoms with E-state index in [1.54, 1.807) is 0 Å². The minimum absolute atomic E-state index is 0.244. The molecule has 0 aromatic carbocycles. The Labute approximate surface area is 152 Å². The molecule has 2 aliphatic rings. The molecule has 1 saturated heterocycles. The molecular formula is C21H34O4. The Morgan fingerprint density at radius 3 is 2.88 bits per heavy atom. The summed E-state index contributed by atoms with van der Waals surface area (Å²) in [4.78, 5) is 10.5. The predicted octanol–water partition coefficient (Wildman–Crippen LogP) is 4.34. The number of carbonyl (C=O) groups is 1. The van der Waals surface area contributed by atoms with E-state index in [2.05, 4.69) is 25.2 Å². The molecule has 1 aliphatic carbocycles. The van der Waals surface area contributed by atoms with E-state index in [4.69, 9.17) is 9.84 Å². The van der Waals surface area contributed by atoms with Crippen molar-refractivity contribution in [2.45, 2.75) is 76.9 Å². The van der Waals surface area contributed by atoms with Gasteiger partial charge in [-0.2, -0.15) is 0 Å². The molecule has 2 rings (SSSR count). The van der Waals surface area contributed by atoms with Crippen molar-refractivity contribution < 1.29 is 19.7 Å². The maximum absolute atomic E-state index is 10.5. The number of hydrogen-bond donors (Lipinski definition) is 2. The van der Waals surface area contributed by atoms with Crippen LogP contribution in [0.5, 0.6) is 0 Å². The number of aliphatic hydroxyl groups is 1. The number of hydrogen-bond acceptors (Lipinski definition) is 3. The quantitative estimate of drug-likeness (QED) is 0.406. The third kappa shape index (κ3) is 6.59. The second-order valence-corrected chi connectivity index (χ2v) is 7.55. The number of allylic oxidation sites excluding steroid dienone is 2. The first-order valence-corrected chi connectivity index (χ1v) is 9.96. The number of unbranched alkanes of at least 4 members (excludes halogenated alkanes) is 3. The van der Waals surface area contributed by atoms with Crippen LogP contribution in [-0.2, 0) is 9.53 Å². The summed E-state index contributed by atoms with van der Waals surface area (Å²) in [5, 5.41) is 18.8. The van der Waals surface area contributed by atoms with Gasteiger partial charge in [0.25, 0.3) is 0 Å². The van der Waals surface area contributed by atoms with Crippen LogP contribution in [0.1, 0.15) is 64.7 Å². The van der Waals surface area contributed by atoms with Gasteiger partial charge in [0.15, 0.2) is 0 Å². The molecule has 1 heterocycles. The number of rotatable bonds is 12. The number of fused-ring (bicyclic) bond motifs is 2.